The third-order valence-electron chi connectivity index (χ3n) is 12.5. The minimum atomic E-state index is 0.642. The first-order valence-corrected chi connectivity index (χ1v) is 20.5. The van der Waals surface area contributed by atoms with Crippen LogP contribution in [-0.4, -0.2) is 19.1 Å². The molecule has 0 saturated heterocycles. The van der Waals surface area contributed by atoms with Gasteiger partial charge in [0.05, 0.1) is 33.5 Å². The SMILES string of the molecule is c1ccc(-n2c3cccc4ccc5c(-c6ccc7c(c6)c6ccccc6n7-c6nc(-c7cccc8ccccc78)cc(-c7cccc8ccccc78)n6)ccc2c5c43)cc1. The van der Waals surface area contributed by atoms with Crippen LogP contribution in [0.15, 0.2) is 206 Å². The summed E-state index contributed by atoms with van der Waals surface area (Å²) >= 11 is 0. The molecule has 60 heavy (non-hydrogen) atoms. The Hall–Kier alpha value is -8.08. The van der Waals surface area contributed by atoms with Gasteiger partial charge in [0, 0.05) is 38.4 Å². The first kappa shape index (κ1) is 32.9. The number of fused-ring (bicyclic) bond motifs is 5. The summed E-state index contributed by atoms with van der Waals surface area (Å²) in [4.78, 5) is 10.9. The molecule has 0 amide bonds. The van der Waals surface area contributed by atoms with Gasteiger partial charge in [0.1, 0.15) is 0 Å². The van der Waals surface area contributed by atoms with E-state index in [0.29, 0.717) is 5.95 Å². The molecule has 0 unspecified atom stereocenters. The first-order valence-electron chi connectivity index (χ1n) is 20.5. The number of hydrogen-bond acceptors (Lipinski definition) is 2. The summed E-state index contributed by atoms with van der Waals surface area (Å²) in [6.45, 7) is 0. The van der Waals surface area contributed by atoms with Gasteiger partial charge in [0.2, 0.25) is 5.95 Å². The van der Waals surface area contributed by atoms with Crippen LogP contribution in [0.25, 0.3) is 121 Å². The van der Waals surface area contributed by atoms with Crippen LogP contribution in [0.5, 0.6) is 0 Å². The fraction of sp³-hybridized carbons (Fsp3) is 0. The summed E-state index contributed by atoms with van der Waals surface area (Å²) < 4.78 is 4.66. The second-order valence-corrected chi connectivity index (χ2v) is 15.7. The maximum atomic E-state index is 5.45. The highest BCUT2D eigenvalue weighted by atomic mass is 15.2. The van der Waals surface area contributed by atoms with Crippen molar-refractivity contribution in [1.29, 1.82) is 0 Å². The van der Waals surface area contributed by atoms with Crippen LogP contribution in [0.3, 0.4) is 0 Å². The predicted octanol–water partition coefficient (Wildman–Crippen LogP) is 14.6. The van der Waals surface area contributed by atoms with Gasteiger partial charge in [0.15, 0.2) is 0 Å². The zero-order valence-electron chi connectivity index (χ0n) is 32.4. The molecule has 0 fully saturated rings. The molecular weight excluding hydrogens is 729 g/mol. The molecule has 0 aliphatic heterocycles. The third-order valence-corrected chi connectivity index (χ3v) is 12.5. The molecule has 4 heteroatoms. The molecule has 0 spiro atoms. The van der Waals surface area contributed by atoms with Crippen LogP contribution in [-0.2, 0) is 0 Å². The van der Waals surface area contributed by atoms with Crippen molar-refractivity contribution in [2.45, 2.75) is 0 Å². The van der Waals surface area contributed by atoms with E-state index < -0.39 is 0 Å². The number of para-hydroxylation sites is 2. The topological polar surface area (TPSA) is 35.6 Å². The second kappa shape index (κ2) is 12.7. The number of nitrogens with zero attached hydrogens (tertiary/aromatic N) is 4. The average molecular weight is 763 g/mol. The van der Waals surface area contributed by atoms with E-state index in [1.165, 1.54) is 60.2 Å². The number of rotatable bonds is 5. The fourth-order valence-electron chi connectivity index (χ4n) is 9.86. The molecule has 278 valence electrons. The monoisotopic (exact) mass is 762 g/mol. The maximum absolute atomic E-state index is 5.45. The summed E-state index contributed by atoms with van der Waals surface area (Å²) in [5.41, 5.74) is 12.1. The summed E-state index contributed by atoms with van der Waals surface area (Å²) in [5, 5.41) is 12.1. The Kier molecular flexibility index (Phi) is 6.98. The lowest BCUT2D eigenvalue weighted by atomic mass is 9.94. The lowest BCUT2D eigenvalue weighted by Crippen LogP contribution is -2.04. The van der Waals surface area contributed by atoms with Crippen LogP contribution in [0.2, 0.25) is 0 Å². The highest BCUT2D eigenvalue weighted by molar-refractivity contribution is 6.27. The van der Waals surface area contributed by atoms with Gasteiger partial charge in [-0.2, -0.15) is 0 Å². The normalized spacial score (nSPS) is 12.0. The second-order valence-electron chi connectivity index (χ2n) is 15.7. The van der Waals surface area contributed by atoms with E-state index >= 15 is 0 Å². The van der Waals surface area contributed by atoms with Gasteiger partial charge in [0.25, 0.3) is 0 Å². The molecule has 3 aromatic heterocycles. The van der Waals surface area contributed by atoms with E-state index in [9.17, 15) is 0 Å². The predicted molar refractivity (Wildman–Crippen MR) is 251 cm³/mol. The number of hydrogen-bond donors (Lipinski definition) is 0. The van der Waals surface area contributed by atoms with Crippen molar-refractivity contribution in [3.8, 4) is 45.3 Å². The lowest BCUT2D eigenvalue weighted by Gasteiger charge is -2.14. The Bertz CT molecular complexity index is 3730. The van der Waals surface area contributed by atoms with Gasteiger partial charge in [-0.25, -0.2) is 9.97 Å². The summed E-state index contributed by atoms with van der Waals surface area (Å²) in [6, 6.07) is 74.3. The fourth-order valence-corrected chi connectivity index (χ4v) is 9.86. The largest absolute Gasteiger partial charge is 0.309 e. The van der Waals surface area contributed by atoms with E-state index in [0.717, 1.165) is 55.1 Å². The van der Waals surface area contributed by atoms with E-state index in [1.54, 1.807) is 0 Å². The van der Waals surface area contributed by atoms with Crippen LogP contribution in [0.1, 0.15) is 0 Å². The zero-order valence-corrected chi connectivity index (χ0v) is 32.4. The standard InChI is InChI=1S/C56H34N4/c1-2-18-39(19-3-1)59-52-26-12-17-37-27-29-46-42(30-32-53(59)55(46)54(37)52)38-28-31-51-47(33-38)45-22-8-9-25-50(45)60(51)56-57-48(43-23-10-15-35-13-4-6-20-40(35)43)34-49(58-56)44-24-11-16-36-14-5-7-21-41(36)44/h1-34H. The molecule has 0 aliphatic carbocycles. The number of benzene rings is 10. The van der Waals surface area contributed by atoms with E-state index in [1.807, 2.05) is 0 Å². The van der Waals surface area contributed by atoms with Crippen molar-refractivity contribution in [2.75, 3.05) is 0 Å². The summed E-state index contributed by atoms with van der Waals surface area (Å²) in [5.74, 6) is 0.642. The van der Waals surface area contributed by atoms with Crippen LogP contribution >= 0.6 is 0 Å². The smallest absolute Gasteiger partial charge is 0.235 e. The van der Waals surface area contributed by atoms with E-state index in [-0.39, 0.29) is 0 Å². The highest BCUT2D eigenvalue weighted by Crippen LogP contribution is 2.44. The minimum absolute atomic E-state index is 0.642. The van der Waals surface area contributed by atoms with E-state index in [2.05, 4.69) is 215 Å². The highest BCUT2D eigenvalue weighted by Gasteiger charge is 2.22. The molecule has 10 aromatic carbocycles. The molecule has 4 nitrogen and oxygen atoms in total. The molecular formula is C56H34N4. The van der Waals surface area contributed by atoms with Crippen LogP contribution in [0, 0.1) is 0 Å². The summed E-state index contributed by atoms with van der Waals surface area (Å²) in [7, 11) is 0. The van der Waals surface area contributed by atoms with Crippen molar-refractivity contribution in [2.24, 2.45) is 0 Å². The Morgan fingerprint density at radius 3 is 1.62 bits per heavy atom. The summed E-state index contributed by atoms with van der Waals surface area (Å²) in [6.07, 6.45) is 0. The quantitative estimate of drug-likeness (QED) is 0.164. The Balaban J connectivity index is 1.05. The van der Waals surface area contributed by atoms with Crippen LogP contribution in [0.4, 0.5) is 0 Å². The zero-order chi connectivity index (χ0) is 39.3. The van der Waals surface area contributed by atoms with Gasteiger partial charge < -0.3 is 4.57 Å². The Morgan fingerprint density at radius 1 is 0.300 bits per heavy atom. The molecule has 0 bridgehead atoms. The van der Waals surface area contributed by atoms with Gasteiger partial charge >= 0.3 is 0 Å². The van der Waals surface area contributed by atoms with Crippen molar-refractivity contribution >= 4 is 75.9 Å². The molecule has 0 saturated carbocycles. The van der Waals surface area contributed by atoms with E-state index in [4.69, 9.17) is 9.97 Å². The van der Waals surface area contributed by atoms with Gasteiger partial charge in [-0.05, 0) is 92.0 Å². The molecule has 0 radical (unpaired) electrons. The molecule has 0 atom stereocenters. The molecule has 0 aliphatic rings. The van der Waals surface area contributed by atoms with Crippen LogP contribution < -0.4 is 0 Å². The first-order chi connectivity index (χ1) is 29.8. The maximum Gasteiger partial charge on any atom is 0.235 e. The third kappa shape index (κ3) is 4.79. The van der Waals surface area contributed by atoms with Gasteiger partial charge in [-0.3, -0.25) is 4.57 Å². The van der Waals surface area contributed by atoms with Crippen molar-refractivity contribution in [1.82, 2.24) is 19.1 Å². The number of aromatic nitrogens is 4. The Labute approximate surface area is 345 Å². The molecule has 13 aromatic rings. The van der Waals surface area contributed by atoms with Crippen molar-refractivity contribution in [3.05, 3.63) is 206 Å². The minimum Gasteiger partial charge on any atom is -0.309 e. The average Bonchev–Trinajstić information content (AvgIpc) is 3.84. The molecule has 3 heterocycles. The molecule has 13 rings (SSSR count). The van der Waals surface area contributed by atoms with Gasteiger partial charge in [-0.1, -0.05) is 158 Å². The lowest BCUT2D eigenvalue weighted by molar-refractivity contribution is 0.997. The molecule has 0 N–H and O–H groups in total. The Morgan fingerprint density at radius 2 is 0.867 bits per heavy atom. The van der Waals surface area contributed by atoms with Gasteiger partial charge in [-0.15, -0.1) is 0 Å². The van der Waals surface area contributed by atoms with Crippen molar-refractivity contribution in [3.63, 3.8) is 0 Å². The van der Waals surface area contributed by atoms with Crippen molar-refractivity contribution < 1.29 is 0 Å².